The molecule has 0 aromatic rings. The van der Waals surface area contributed by atoms with Crippen molar-refractivity contribution in [2.24, 2.45) is 5.73 Å². The molecule has 0 aromatic carbocycles. The second-order valence-electron chi connectivity index (χ2n) is 5.49. The zero-order valence-corrected chi connectivity index (χ0v) is 12.1. The third-order valence-electron chi connectivity index (χ3n) is 3.86. The van der Waals surface area contributed by atoms with Crippen molar-refractivity contribution in [1.82, 2.24) is 9.80 Å². The van der Waals surface area contributed by atoms with E-state index in [1.807, 2.05) is 7.05 Å². The van der Waals surface area contributed by atoms with E-state index in [-0.39, 0.29) is 5.97 Å². The van der Waals surface area contributed by atoms with Gasteiger partial charge in [0.15, 0.2) is 0 Å². The van der Waals surface area contributed by atoms with E-state index in [9.17, 15) is 4.79 Å². The first-order valence-electron chi connectivity index (χ1n) is 6.70. The summed E-state index contributed by atoms with van der Waals surface area (Å²) in [6.07, 6.45) is 2.28. The normalized spacial score (nSPS) is 21.9. The minimum absolute atomic E-state index is 0.347. The first kappa shape index (κ1) is 15.4. The molecule has 0 amide bonds. The lowest BCUT2D eigenvalue weighted by atomic mass is 9.99. The third-order valence-corrected chi connectivity index (χ3v) is 3.86. The summed E-state index contributed by atoms with van der Waals surface area (Å²) >= 11 is 0. The minimum Gasteiger partial charge on any atom is -0.468 e. The van der Waals surface area contributed by atoms with Gasteiger partial charge in [-0.25, -0.2) is 0 Å². The predicted octanol–water partition coefficient (Wildman–Crippen LogP) is 0.293. The number of nitrogens with zero attached hydrogens (tertiary/aromatic N) is 2. The first-order chi connectivity index (χ1) is 8.40. The third kappa shape index (κ3) is 3.93. The van der Waals surface area contributed by atoms with Gasteiger partial charge < -0.3 is 20.3 Å². The van der Waals surface area contributed by atoms with Gasteiger partial charge in [0.25, 0.3) is 0 Å². The van der Waals surface area contributed by atoms with E-state index < -0.39 is 5.54 Å². The molecule has 0 radical (unpaired) electrons. The van der Waals surface area contributed by atoms with Crippen LogP contribution in [-0.2, 0) is 9.53 Å². The van der Waals surface area contributed by atoms with Crippen molar-refractivity contribution in [3.8, 4) is 0 Å². The standard InChI is InChI=1S/C13H27N3O2/c1-5-16-8-6-11(7-9-16)15(3)10-13(2,14)12(17)18-4/h11H,5-10,14H2,1-4H3. The highest BCUT2D eigenvalue weighted by molar-refractivity contribution is 5.80. The summed E-state index contributed by atoms with van der Waals surface area (Å²) in [5.41, 5.74) is 5.08. The van der Waals surface area contributed by atoms with Crippen molar-refractivity contribution in [3.05, 3.63) is 0 Å². The second-order valence-corrected chi connectivity index (χ2v) is 5.49. The summed E-state index contributed by atoms with van der Waals surface area (Å²) in [6, 6.07) is 0.514. The predicted molar refractivity (Wildman–Crippen MR) is 72.4 cm³/mol. The highest BCUT2D eigenvalue weighted by Gasteiger charge is 2.33. The van der Waals surface area contributed by atoms with Crippen molar-refractivity contribution in [2.45, 2.75) is 38.3 Å². The fourth-order valence-corrected chi connectivity index (χ4v) is 2.62. The number of methoxy groups -OCH3 is 1. The molecular weight excluding hydrogens is 230 g/mol. The van der Waals surface area contributed by atoms with E-state index in [1.165, 1.54) is 7.11 Å². The summed E-state index contributed by atoms with van der Waals surface area (Å²) in [5.74, 6) is -0.347. The monoisotopic (exact) mass is 257 g/mol. The van der Waals surface area contributed by atoms with Gasteiger partial charge in [0, 0.05) is 12.6 Å². The average molecular weight is 257 g/mol. The van der Waals surface area contributed by atoms with Crippen LogP contribution in [0.1, 0.15) is 26.7 Å². The molecule has 0 aromatic heterocycles. The Morgan fingerprint density at radius 2 is 2.06 bits per heavy atom. The molecule has 1 aliphatic rings. The Morgan fingerprint density at radius 3 is 2.50 bits per heavy atom. The largest absolute Gasteiger partial charge is 0.468 e. The van der Waals surface area contributed by atoms with E-state index in [0.717, 1.165) is 32.5 Å². The molecule has 1 heterocycles. The SMILES string of the molecule is CCN1CCC(N(C)CC(C)(N)C(=O)OC)CC1. The van der Waals surface area contributed by atoms with Crippen molar-refractivity contribution in [1.29, 1.82) is 0 Å². The number of carbonyl (C=O) groups is 1. The fraction of sp³-hybridized carbons (Fsp3) is 0.923. The maximum atomic E-state index is 11.6. The number of likely N-dealkylation sites (N-methyl/N-ethyl adjacent to an activating group) is 1. The lowest BCUT2D eigenvalue weighted by Gasteiger charge is -2.38. The Balaban J connectivity index is 2.46. The van der Waals surface area contributed by atoms with E-state index in [4.69, 9.17) is 10.5 Å². The molecular formula is C13H27N3O2. The minimum atomic E-state index is -0.925. The van der Waals surface area contributed by atoms with Gasteiger partial charge in [0.05, 0.1) is 7.11 Å². The summed E-state index contributed by atoms with van der Waals surface area (Å²) in [7, 11) is 3.42. The quantitative estimate of drug-likeness (QED) is 0.718. The molecule has 0 saturated carbocycles. The lowest BCUT2D eigenvalue weighted by molar-refractivity contribution is -0.147. The summed E-state index contributed by atoms with van der Waals surface area (Å²) < 4.78 is 4.74. The van der Waals surface area contributed by atoms with Crippen LogP contribution in [0.4, 0.5) is 0 Å². The van der Waals surface area contributed by atoms with Crippen LogP contribution in [0.5, 0.6) is 0 Å². The highest BCUT2D eigenvalue weighted by Crippen LogP contribution is 2.17. The zero-order chi connectivity index (χ0) is 13.8. The van der Waals surface area contributed by atoms with E-state index in [0.29, 0.717) is 12.6 Å². The van der Waals surface area contributed by atoms with Gasteiger partial charge in [-0.3, -0.25) is 4.79 Å². The number of carbonyl (C=O) groups excluding carboxylic acids is 1. The van der Waals surface area contributed by atoms with Gasteiger partial charge in [0.2, 0.25) is 0 Å². The molecule has 1 saturated heterocycles. The number of hydrogen-bond acceptors (Lipinski definition) is 5. The second kappa shape index (κ2) is 6.50. The molecule has 106 valence electrons. The van der Waals surface area contributed by atoms with Gasteiger partial charge >= 0.3 is 5.97 Å². The topological polar surface area (TPSA) is 58.8 Å². The highest BCUT2D eigenvalue weighted by atomic mass is 16.5. The Morgan fingerprint density at radius 1 is 1.50 bits per heavy atom. The molecule has 0 aliphatic carbocycles. The summed E-state index contributed by atoms with van der Waals surface area (Å²) in [5, 5.41) is 0. The lowest BCUT2D eigenvalue weighted by Crippen LogP contribution is -2.56. The average Bonchev–Trinajstić information content (AvgIpc) is 2.37. The Kier molecular flexibility index (Phi) is 5.56. The summed E-state index contributed by atoms with van der Waals surface area (Å²) in [4.78, 5) is 16.2. The van der Waals surface area contributed by atoms with Crippen LogP contribution in [0.25, 0.3) is 0 Å². The molecule has 1 unspecified atom stereocenters. The molecule has 5 heteroatoms. The molecule has 0 spiro atoms. The molecule has 1 aliphatic heterocycles. The van der Waals surface area contributed by atoms with E-state index >= 15 is 0 Å². The molecule has 1 fully saturated rings. The van der Waals surface area contributed by atoms with Crippen molar-refractivity contribution in [2.75, 3.05) is 40.3 Å². The number of hydrogen-bond donors (Lipinski definition) is 1. The molecule has 1 atom stereocenters. The van der Waals surface area contributed by atoms with Crippen LogP contribution < -0.4 is 5.73 Å². The molecule has 5 nitrogen and oxygen atoms in total. The number of piperidine rings is 1. The maximum absolute atomic E-state index is 11.6. The number of likely N-dealkylation sites (tertiary alicyclic amines) is 1. The van der Waals surface area contributed by atoms with Crippen molar-refractivity contribution >= 4 is 5.97 Å². The smallest absolute Gasteiger partial charge is 0.326 e. The number of nitrogens with two attached hydrogens (primary N) is 1. The number of ether oxygens (including phenoxy) is 1. The van der Waals surface area contributed by atoms with Gasteiger partial charge in [-0.1, -0.05) is 6.92 Å². The van der Waals surface area contributed by atoms with Crippen LogP contribution >= 0.6 is 0 Å². The molecule has 0 bridgehead atoms. The van der Waals surface area contributed by atoms with E-state index in [1.54, 1.807) is 6.92 Å². The molecule has 1 rings (SSSR count). The van der Waals surface area contributed by atoms with Gasteiger partial charge in [-0.15, -0.1) is 0 Å². The summed E-state index contributed by atoms with van der Waals surface area (Å²) in [6.45, 7) is 7.84. The van der Waals surface area contributed by atoms with Crippen molar-refractivity contribution < 1.29 is 9.53 Å². The number of esters is 1. The van der Waals surface area contributed by atoms with Crippen LogP contribution in [0, 0.1) is 0 Å². The Labute approximate surface area is 110 Å². The Bertz CT molecular complexity index is 273. The van der Waals surface area contributed by atoms with Crippen LogP contribution in [0.2, 0.25) is 0 Å². The van der Waals surface area contributed by atoms with Crippen LogP contribution in [0.3, 0.4) is 0 Å². The van der Waals surface area contributed by atoms with E-state index in [2.05, 4.69) is 16.7 Å². The maximum Gasteiger partial charge on any atom is 0.326 e. The van der Waals surface area contributed by atoms with Crippen molar-refractivity contribution in [3.63, 3.8) is 0 Å². The van der Waals surface area contributed by atoms with Crippen LogP contribution in [-0.4, -0.2) is 67.7 Å². The zero-order valence-electron chi connectivity index (χ0n) is 12.1. The van der Waals surface area contributed by atoms with Gasteiger partial charge in [0.1, 0.15) is 5.54 Å². The Hall–Kier alpha value is -0.650. The molecule has 2 N–H and O–H groups in total. The fourth-order valence-electron chi connectivity index (χ4n) is 2.62. The molecule has 18 heavy (non-hydrogen) atoms. The number of rotatable bonds is 5. The van der Waals surface area contributed by atoms with Crippen LogP contribution in [0.15, 0.2) is 0 Å². The van der Waals surface area contributed by atoms with Gasteiger partial charge in [-0.2, -0.15) is 0 Å². The van der Waals surface area contributed by atoms with Gasteiger partial charge in [-0.05, 0) is 46.4 Å². The first-order valence-corrected chi connectivity index (χ1v) is 6.70.